The second-order valence-corrected chi connectivity index (χ2v) is 6.14. The van der Waals surface area contributed by atoms with Crippen LogP contribution in [0.5, 0.6) is 0 Å². The normalized spacial score (nSPS) is 12.5. The maximum atomic E-state index is 12.2. The molecule has 2 rings (SSSR count). The number of ether oxygens (including phenoxy) is 1. The van der Waals surface area contributed by atoms with Gasteiger partial charge >= 0.3 is 5.97 Å². The summed E-state index contributed by atoms with van der Waals surface area (Å²) in [5.41, 5.74) is 0.942. The SMILES string of the molecule is COC(=O)C(C/C(=N/O)c1ccc(Cl)cc1Cl)c1ccc([N+](=O)[O-])cc1. The van der Waals surface area contributed by atoms with Gasteiger partial charge < -0.3 is 9.94 Å². The summed E-state index contributed by atoms with van der Waals surface area (Å²) in [6, 6.07) is 10.1. The van der Waals surface area contributed by atoms with Gasteiger partial charge in [0.05, 0.1) is 28.7 Å². The number of carbonyl (C=O) groups excluding carboxylic acids is 1. The Labute approximate surface area is 158 Å². The van der Waals surface area contributed by atoms with Crippen LogP contribution in [-0.4, -0.2) is 28.9 Å². The van der Waals surface area contributed by atoms with Crippen molar-refractivity contribution < 1.29 is 19.7 Å². The molecule has 0 heterocycles. The first-order valence-electron chi connectivity index (χ1n) is 7.36. The number of hydrogen-bond acceptors (Lipinski definition) is 6. The number of non-ortho nitro benzene ring substituents is 1. The molecule has 0 radical (unpaired) electrons. The fourth-order valence-corrected chi connectivity index (χ4v) is 2.95. The van der Waals surface area contributed by atoms with Crippen LogP contribution in [0, 0.1) is 10.1 Å². The van der Waals surface area contributed by atoms with Gasteiger partial charge in [-0.15, -0.1) is 0 Å². The second-order valence-electron chi connectivity index (χ2n) is 5.30. The van der Waals surface area contributed by atoms with Crippen molar-refractivity contribution in [3.05, 3.63) is 73.8 Å². The quantitative estimate of drug-likeness (QED) is 0.256. The van der Waals surface area contributed by atoms with E-state index in [1.165, 1.54) is 37.4 Å². The monoisotopic (exact) mass is 396 g/mol. The summed E-state index contributed by atoms with van der Waals surface area (Å²) in [5, 5.41) is 24.1. The number of esters is 1. The largest absolute Gasteiger partial charge is 0.469 e. The molecule has 0 aromatic heterocycles. The van der Waals surface area contributed by atoms with Gasteiger partial charge in [-0.05, 0) is 17.7 Å². The highest BCUT2D eigenvalue weighted by Crippen LogP contribution is 2.29. The minimum atomic E-state index is -0.835. The van der Waals surface area contributed by atoms with Gasteiger partial charge in [-0.2, -0.15) is 0 Å². The molecule has 1 N–H and O–H groups in total. The Balaban J connectivity index is 2.37. The number of carbonyl (C=O) groups is 1. The molecule has 26 heavy (non-hydrogen) atoms. The third-order valence-corrected chi connectivity index (χ3v) is 4.30. The molecule has 0 aliphatic heterocycles. The maximum Gasteiger partial charge on any atom is 0.313 e. The van der Waals surface area contributed by atoms with Crippen molar-refractivity contribution >= 4 is 40.6 Å². The molecule has 0 bridgehead atoms. The van der Waals surface area contributed by atoms with Gasteiger partial charge in [0.15, 0.2) is 0 Å². The van der Waals surface area contributed by atoms with Crippen molar-refractivity contribution in [2.45, 2.75) is 12.3 Å². The average Bonchev–Trinajstić information content (AvgIpc) is 2.63. The lowest BCUT2D eigenvalue weighted by Crippen LogP contribution is -2.19. The molecule has 7 nitrogen and oxygen atoms in total. The molecule has 0 aliphatic rings. The topological polar surface area (TPSA) is 102 Å². The van der Waals surface area contributed by atoms with Crippen molar-refractivity contribution in [1.29, 1.82) is 0 Å². The highest BCUT2D eigenvalue weighted by Gasteiger charge is 2.26. The number of hydrogen-bond donors (Lipinski definition) is 1. The molecule has 0 spiro atoms. The molecule has 0 aliphatic carbocycles. The lowest BCUT2D eigenvalue weighted by Gasteiger charge is -2.16. The summed E-state index contributed by atoms with van der Waals surface area (Å²) in [6.45, 7) is 0. The second kappa shape index (κ2) is 8.64. The van der Waals surface area contributed by atoms with E-state index in [0.717, 1.165) is 0 Å². The fourth-order valence-electron chi connectivity index (χ4n) is 2.43. The molecule has 0 fully saturated rings. The van der Waals surface area contributed by atoms with Crippen LogP contribution in [0.25, 0.3) is 0 Å². The van der Waals surface area contributed by atoms with E-state index in [0.29, 0.717) is 16.1 Å². The van der Waals surface area contributed by atoms with E-state index in [1.807, 2.05) is 0 Å². The Morgan fingerprint density at radius 2 is 1.92 bits per heavy atom. The summed E-state index contributed by atoms with van der Waals surface area (Å²) in [7, 11) is 1.23. The van der Waals surface area contributed by atoms with Crippen molar-refractivity contribution in [2.75, 3.05) is 7.11 Å². The van der Waals surface area contributed by atoms with Gasteiger partial charge in [0.2, 0.25) is 0 Å². The Morgan fingerprint density at radius 1 is 1.27 bits per heavy atom. The van der Waals surface area contributed by atoms with E-state index in [1.54, 1.807) is 12.1 Å². The molecule has 0 saturated heterocycles. The van der Waals surface area contributed by atoms with Gasteiger partial charge in [0.1, 0.15) is 0 Å². The third-order valence-electron chi connectivity index (χ3n) is 3.75. The van der Waals surface area contributed by atoms with Crippen molar-refractivity contribution in [1.82, 2.24) is 0 Å². The van der Waals surface area contributed by atoms with Crippen LogP contribution >= 0.6 is 23.2 Å². The Morgan fingerprint density at radius 3 is 2.42 bits per heavy atom. The van der Waals surface area contributed by atoms with Crippen LogP contribution in [0.3, 0.4) is 0 Å². The number of nitro groups is 1. The summed E-state index contributed by atoms with van der Waals surface area (Å²) in [4.78, 5) is 22.5. The molecule has 9 heteroatoms. The molecular formula is C17H14Cl2N2O5. The zero-order valence-corrected chi connectivity index (χ0v) is 15.1. The van der Waals surface area contributed by atoms with Crippen molar-refractivity contribution in [3.63, 3.8) is 0 Å². The van der Waals surface area contributed by atoms with Crippen molar-refractivity contribution in [3.8, 4) is 0 Å². The van der Waals surface area contributed by atoms with Gasteiger partial charge in [-0.1, -0.05) is 46.6 Å². The van der Waals surface area contributed by atoms with Crippen LogP contribution in [0.1, 0.15) is 23.5 Å². The lowest BCUT2D eigenvalue weighted by atomic mass is 9.91. The molecule has 0 saturated carbocycles. The Kier molecular flexibility index (Phi) is 6.54. The summed E-state index contributed by atoms with van der Waals surface area (Å²) in [5.74, 6) is -1.41. The van der Waals surface area contributed by atoms with Crippen LogP contribution in [0.4, 0.5) is 5.69 Å². The summed E-state index contributed by atoms with van der Waals surface area (Å²) in [6.07, 6.45) is -0.0255. The smallest absolute Gasteiger partial charge is 0.313 e. The highest BCUT2D eigenvalue weighted by molar-refractivity contribution is 6.37. The van der Waals surface area contributed by atoms with Crippen LogP contribution in [-0.2, 0) is 9.53 Å². The third kappa shape index (κ3) is 4.50. The van der Waals surface area contributed by atoms with Gasteiger partial charge in [0.25, 0.3) is 5.69 Å². The molecule has 2 aromatic rings. The number of benzene rings is 2. The molecule has 2 aromatic carbocycles. The molecule has 1 unspecified atom stereocenters. The zero-order valence-electron chi connectivity index (χ0n) is 13.6. The number of nitrogens with zero attached hydrogens (tertiary/aromatic N) is 2. The van der Waals surface area contributed by atoms with E-state index in [4.69, 9.17) is 27.9 Å². The molecular weight excluding hydrogens is 383 g/mol. The summed E-state index contributed by atoms with van der Waals surface area (Å²) < 4.78 is 4.81. The lowest BCUT2D eigenvalue weighted by molar-refractivity contribution is -0.384. The first-order valence-corrected chi connectivity index (χ1v) is 8.11. The zero-order chi connectivity index (χ0) is 19.3. The van der Waals surface area contributed by atoms with Gasteiger partial charge in [0, 0.05) is 29.1 Å². The van der Waals surface area contributed by atoms with Crippen LogP contribution in [0.15, 0.2) is 47.6 Å². The number of halogens is 2. The Hall–Kier alpha value is -2.64. The molecule has 0 amide bonds. The molecule has 136 valence electrons. The van der Waals surface area contributed by atoms with E-state index in [2.05, 4.69) is 5.16 Å². The van der Waals surface area contributed by atoms with Crippen molar-refractivity contribution in [2.24, 2.45) is 5.16 Å². The number of rotatable bonds is 6. The van der Waals surface area contributed by atoms with Crippen LogP contribution in [0.2, 0.25) is 10.0 Å². The molecule has 1 atom stereocenters. The first-order chi connectivity index (χ1) is 12.4. The number of nitro benzene ring substituents is 1. The Bertz CT molecular complexity index is 853. The van der Waals surface area contributed by atoms with E-state index in [-0.39, 0.29) is 22.8 Å². The average molecular weight is 397 g/mol. The maximum absolute atomic E-state index is 12.2. The highest BCUT2D eigenvalue weighted by atomic mass is 35.5. The van der Waals surface area contributed by atoms with Gasteiger partial charge in [-0.25, -0.2) is 0 Å². The summed E-state index contributed by atoms with van der Waals surface area (Å²) >= 11 is 12.0. The van der Waals surface area contributed by atoms with E-state index < -0.39 is 16.8 Å². The first kappa shape index (κ1) is 19.7. The number of methoxy groups -OCH3 is 1. The minimum absolute atomic E-state index is 0.0255. The predicted octanol–water partition coefficient (Wildman–Crippen LogP) is 4.43. The standard InChI is InChI=1S/C17H14Cl2N2O5/c1-26-17(22)14(10-2-5-12(6-3-10)21(24)25)9-16(20-23)13-7-4-11(18)8-15(13)19/h2-8,14,23H,9H2,1H3/b20-16-. The van der Waals surface area contributed by atoms with E-state index in [9.17, 15) is 20.1 Å². The minimum Gasteiger partial charge on any atom is -0.469 e. The van der Waals surface area contributed by atoms with Crippen LogP contribution < -0.4 is 0 Å². The van der Waals surface area contributed by atoms with E-state index >= 15 is 0 Å². The predicted molar refractivity (Wildman–Crippen MR) is 97.3 cm³/mol. The fraction of sp³-hybridized carbons (Fsp3) is 0.176. The number of oxime groups is 1. The van der Waals surface area contributed by atoms with Gasteiger partial charge in [-0.3, -0.25) is 14.9 Å².